The molecule has 0 N–H and O–H groups in total. The maximum absolute atomic E-state index is 9.56. The van der Waals surface area contributed by atoms with Crippen LogP contribution in [0.5, 0.6) is 0 Å². The molecule has 1 aliphatic rings. The van der Waals surface area contributed by atoms with E-state index in [2.05, 4.69) is 54.8 Å². The van der Waals surface area contributed by atoms with Crippen molar-refractivity contribution in [3.05, 3.63) is 62.1 Å². The van der Waals surface area contributed by atoms with Gasteiger partial charge in [-0.25, -0.2) is 4.98 Å². The number of thiazole rings is 1. The van der Waals surface area contributed by atoms with Gasteiger partial charge in [0.05, 0.1) is 11.3 Å². The average Bonchev–Trinajstić information content (AvgIpc) is 3.36. The van der Waals surface area contributed by atoms with E-state index in [-0.39, 0.29) is 0 Å². The molecule has 3 aromatic rings. The standard InChI is InChI=1S/C23H22N2S2/c1-16-7-12-21(27-16)13-20(14-24)23-25-22(15-26-23)19-10-8-18(9-11-19)17-5-3-2-4-6-17/h7-13,15,17H,2-6H2,1H3. The van der Waals surface area contributed by atoms with Crippen LogP contribution in [0, 0.1) is 18.3 Å². The van der Waals surface area contributed by atoms with Crippen LogP contribution >= 0.6 is 22.7 Å². The Kier molecular flexibility index (Phi) is 5.52. The second-order valence-corrected chi connectivity index (χ2v) is 9.29. The first-order chi connectivity index (χ1) is 13.2. The number of thiophene rings is 1. The van der Waals surface area contributed by atoms with Crippen LogP contribution in [0.4, 0.5) is 0 Å². The first kappa shape index (κ1) is 18.2. The number of rotatable bonds is 4. The largest absolute Gasteiger partial charge is 0.235 e. The van der Waals surface area contributed by atoms with E-state index in [9.17, 15) is 5.26 Å². The Morgan fingerprint density at radius 3 is 2.56 bits per heavy atom. The van der Waals surface area contributed by atoms with Gasteiger partial charge in [0.25, 0.3) is 0 Å². The quantitative estimate of drug-likeness (QED) is 0.438. The van der Waals surface area contributed by atoms with E-state index in [1.54, 1.807) is 11.3 Å². The zero-order valence-electron chi connectivity index (χ0n) is 15.4. The molecule has 2 aromatic heterocycles. The Balaban J connectivity index is 1.55. The molecule has 0 bridgehead atoms. The molecule has 4 rings (SSSR count). The summed E-state index contributed by atoms with van der Waals surface area (Å²) in [4.78, 5) is 7.07. The molecule has 0 unspecified atom stereocenters. The van der Waals surface area contributed by atoms with Crippen LogP contribution in [0.1, 0.15) is 58.3 Å². The second-order valence-electron chi connectivity index (χ2n) is 7.11. The minimum atomic E-state index is 0.631. The van der Waals surface area contributed by atoms with Crippen molar-refractivity contribution >= 4 is 34.3 Å². The van der Waals surface area contributed by atoms with Crippen LogP contribution in [0.3, 0.4) is 0 Å². The molecule has 0 radical (unpaired) electrons. The minimum absolute atomic E-state index is 0.631. The molecule has 0 spiro atoms. The molecule has 0 aliphatic heterocycles. The van der Waals surface area contributed by atoms with Crippen molar-refractivity contribution in [2.24, 2.45) is 0 Å². The molecule has 0 saturated heterocycles. The van der Waals surface area contributed by atoms with E-state index in [0.717, 1.165) is 27.1 Å². The van der Waals surface area contributed by atoms with Crippen molar-refractivity contribution in [1.29, 1.82) is 5.26 Å². The molecule has 0 amide bonds. The van der Waals surface area contributed by atoms with Crippen molar-refractivity contribution in [1.82, 2.24) is 4.98 Å². The maximum atomic E-state index is 9.56. The van der Waals surface area contributed by atoms with E-state index in [1.165, 1.54) is 53.9 Å². The van der Waals surface area contributed by atoms with Crippen LogP contribution in [0.15, 0.2) is 41.8 Å². The summed E-state index contributed by atoms with van der Waals surface area (Å²) in [5, 5.41) is 12.4. The van der Waals surface area contributed by atoms with Gasteiger partial charge < -0.3 is 0 Å². The Morgan fingerprint density at radius 2 is 1.89 bits per heavy atom. The van der Waals surface area contributed by atoms with Crippen LogP contribution in [0.2, 0.25) is 0 Å². The van der Waals surface area contributed by atoms with Gasteiger partial charge in [0.2, 0.25) is 0 Å². The highest BCUT2D eigenvalue weighted by Crippen LogP contribution is 2.34. The van der Waals surface area contributed by atoms with Crippen LogP contribution < -0.4 is 0 Å². The fourth-order valence-corrected chi connectivity index (χ4v) is 5.32. The molecule has 4 heteroatoms. The Morgan fingerprint density at radius 1 is 1.11 bits per heavy atom. The second kappa shape index (κ2) is 8.21. The molecular weight excluding hydrogens is 368 g/mol. The predicted molar refractivity (Wildman–Crippen MR) is 116 cm³/mol. The molecule has 1 saturated carbocycles. The lowest BCUT2D eigenvalue weighted by atomic mass is 9.84. The predicted octanol–water partition coefficient (Wildman–Crippen LogP) is 7.29. The van der Waals surface area contributed by atoms with Gasteiger partial charge in [0, 0.05) is 20.7 Å². The summed E-state index contributed by atoms with van der Waals surface area (Å²) in [7, 11) is 0. The minimum Gasteiger partial charge on any atom is -0.235 e. The Bertz CT molecular complexity index is 980. The fourth-order valence-electron chi connectivity index (χ4n) is 3.71. The lowest BCUT2D eigenvalue weighted by Gasteiger charge is -2.22. The van der Waals surface area contributed by atoms with Crippen molar-refractivity contribution in [3.8, 4) is 17.3 Å². The number of aromatic nitrogens is 1. The van der Waals surface area contributed by atoms with Crippen LogP contribution in [-0.2, 0) is 0 Å². The Labute approximate surface area is 168 Å². The van der Waals surface area contributed by atoms with E-state index in [4.69, 9.17) is 4.98 Å². The number of nitriles is 1. The molecule has 1 fully saturated rings. The van der Waals surface area contributed by atoms with E-state index < -0.39 is 0 Å². The van der Waals surface area contributed by atoms with Gasteiger partial charge in [-0.05, 0) is 49.5 Å². The SMILES string of the molecule is Cc1ccc(C=C(C#N)c2nc(-c3ccc(C4CCCCC4)cc3)cs2)s1. The third-order valence-electron chi connectivity index (χ3n) is 5.19. The number of nitrogens with zero attached hydrogens (tertiary/aromatic N) is 2. The fraction of sp³-hybridized carbons (Fsp3) is 0.304. The molecule has 2 nitrogen and oxygen atoms in total. The van der Waals surface area contributed by atoms with Gasteiger partial charge in [-0.1, -0.05) is 43.5 Å². The molecule has 1 aromatic carbocycles. The summed E-state index contributed by atoms with van der Waals surface area (Å²) in [6.07, 6.45) is 8.67. The lowest BCUT2D eigenvalue weighted by Crippen LogP contribution is -2.04. The highest BCUT2D eigenvalue weighted by atomic mass is 32.1. The number of aryl methyl sites for hydroxylation is 1. The third-order valence-corrected chi connectivity index (χ3v) is 7.01. The van der Waals surface area contributed by atoms with Crippen molar-refractivity contribution in [2.45, 2.75) is 44.9 Å². The van der Waals surface area contributed by atoms with Gasteiger partial charge in [-0.2, -0.15) is 5.26 Å². The van der Waals surface area contributed by atoms with Crippen molar-refractivity contribution in [2.75, 3.05) is 0 Å². The average molecular weight is 391 g/mol. The van der Waals surface area contributed by atoms with Gasteiger partial charge in [-0.15, -0.1) is 22.7 Å². The van der Waals surface area contributed by atoms with Gasteiger partial charge in [0.15, 0.2) is 0 Å². The zero-order valence-corrected chi connectivity index (χ0v) is 17.1. The third kappa shape index (κ3) is 4.21. The molecule has 136 valence electrons. The van der Waals surface area contributed by atoms with E-state index in [1.807, 2.05) is 6.08 Å². The van der Waals surface area contributed by atoms with E-state index >= 15 is 0 Å². The van der Waals surface area contributed by atoms with Crippen LogP contribution in [-0.4, -0.2) is 4.98 Å². The lowest BCUT2D eigenvalue weighted by molar-refractivity contribution is 0.443. The summed E-state index contributed by atoms with van der Waals surface area (Å²) in [5.41, 5.74) is 4.17. The maximum Gasteiger partial charge on any atom is 0.134 e. The van der Waals surface area contributed by atoms with Gasteiger partial charge >= 0.3 is 0 Å². The van der Waals surface area contributed by atoms with Crippen molar-refractivity contribution < 1.29 is 0 Å². The number of benzene rings is 1. The number of hydrogen-bond donors (Lipinski definition) is 0. The zero-order chi connectivity index (χ0) is 18.6. The summed E-state index contributed by atoms with van der Waals surface area (Å²) < 4.78 is 0. The normalized spacial score (nSPS) is 15.6. The molecule has 0 atom stereocenters. The molecule has 2 heterocycles. The summed E-state index contributed by atoms with van der Waals surface area (Å²) in [5.74, 6) is 0.723. The van der Waals surface area contributed by atoms with Crippen molar-refractivity contribution in [3.63, 3.8) is 0 Å². The first-order valence-electron chi connectivity index (χ1n) is 9.47. The summed E-state index contributed by atoms with van der Waals surface area (Å²) >= 11 is 3.23. The molecule has 27 heavy (non-hydrogen) atoms. The van der Waals surface area contributed by atoms with E-state index in [0.29, 0.717) is 5.57 Å². The smallest absolute Gasteiger partial charge is 0.134 e. The summed E-state index contributed by atoms with van der Waals surface area (Å²) in [6, 6.07) is 15.3. The molecule has 1 aliphatic carbocycles. The number of hydrogen-bond acceptors (Lipinski definition) is 4. The van der Waals surface area contributed by atoms with Gasteiger partial charge in [0.1, 0.15) is 11.1 Å². The summed E-state index contributed by atoms with van der Waals surface area (Å²) in [6.45, 7) is 2.08. The highest BCUT2D eigenvalue weighted by molar-refractivity contribution is 7.13. The van der Waals surface area contributed by atoms with Gasteiger partial charge in [-0.3, -0.25) is 0 Å². The topological polar surface area (TPSA) is 36.7 Å². The van der Waals surface area contributed by atoms with Crippen LogP contribution in [0.25, 0.3) is 22.9 Å². The number of allylic oxidation sites excluding steroid dienone is 1. The monoisotopic (exact) mass is 390 g/mol. The Hall–Kier alpha value is -2.22. The molecular formula is C23H22N2S2. The first-order valence-corrected chi connectivity index (χ1v) is 11.2. The highest BCUT2D eigenvalue weighted by Gasteiger charge is 2.16.